The number of nitrogens with one attached hydrogen (secondary N) is 3. The SMILES string of the molecule is CNc1ccc2[nH]c(C(=O)N3C[C@@H](CCl)c4c3cc3c5c(cccc45)C(=O)NO3)cc2c1. The molecule has 3 aromatic carbocycles. The van der Waals surface area contributed by atoms with Crippen LogP contribution in [0.25, 0.3) is 21.7 Å². The fraction of sp³-hybridized carbons (Fsp3) is 0.167. The smallest absolute Gasteiger partial charge is 0.284 e. The van der Waals surface area contributed by atoms with Crippen LogP contribution in [0.15, 0.2) is 48.5 Å². The fourth-order valence-electron chi connectivity index (χ4n) is 4.81. The molecule has 32 heavy (non-hydrogen) atoms. The quantitative estimate of drug-likeness (QED) is 0.407. The lowest BCUT2D eigenvalue weighted by atomic mass is 9.92. The van der Waals surface area contributed by atoms with Gasteiger partial charge in [0.15, 0.2) is 5.75 Å². The molecule has 2 aliphatic heterocycles. The Labute approximate surface area is 188 Å². The number of benzene rings is 3. The largest absolute Gasteiger partial charge is 0.388 e. The van der Waals surface area contributed by atoms with Crippen LogP contribution in [-0.2, 0) is 0 Å². The van der Waals surface area contributed by atoms with Crippen molar-refractivity contribution in [2.45, 2.75) is 5.92 Å². The molecule has 0 aliphatic carbocycles. The molecule has 4 aromatic rings. The molecule has 0 saturated carbocycles. The number of fused-ring (bicyclic) bond motifs is 3. The molecular weight excluding hydrogens is 428 g/mol. The van der Waals surface area contributed by atoms with E-state index in [1.54, 1.807) is 11.0 Å². The lowest BCUT2D eigenvalue weighted by Gasteiger charge is -2.22. The van der Waals surface area contributed by atoms with Crippen molar-refractivity contribution in [3.63, 3.8) is 0 Å². The molecule has 160 valence electrons. The molecule has 0 fully saturated rings. The minimum Gasteiger partial charge on any atom is -0.388 e. The second kappa shape index (κ2) is 6.90. The van der Waals surface area contributed by atoms with Crippen LogP contribution < -0.4 is 20.5 Å². The second-order valence-electron chi connectivity index (χ2n) is 8.07. The summed E-state index contributed by atoms with van der Waals surface area (Å²) in [6.07, 6.45) is 0. The van der Waals surface area contributed by atoms with E-state index in [2.05, 4.69) is 15.8 Å². The highest BCUT2D eigenvalue weighted by Crippen LogP contribution is 2.47. The number of amides is 2. The molecule has 0 bridgehead atoms. The van der Waals surface area contributed by atoms with Gasteiger partial charge in [0, 0.05) is 53.4 Å². The molecule has 0 unspecified atom stereocenters. The van der Waals surface area contributed by atoms with Gasteiger partial charge in [0.1, 0.15) is 5.69 Å². The van der Waals surface area contributed by atoms with E-state index in [4.69, 9.17) is 16.4 Å². The minimum atomic E-state index is -0.282. The number of H-pyrrole nitrogens is 1. The Morgan fingerprint density at radius 1 is 1.25 bits per heavy atom. The number of halogens is 1. The molecule has 0 saturated heterocycles. The number of nitrogens with zero attached hydrogens (tertiary/aromatic N) is 1. The summed E-state index contributed by atoms with van der Waals surface area (Å²) < 4.78 is 0. The van der Waals surface area contributed by atoms with Crippen LogP contribution in [0.4, 0.5) is 11.4 Å². The molecule has 7 nitrogen and oxygen atoms in total. The maximum atomic E-state index is 13.6. The first-order chi connectivity index (χ1) is 15.6. The van der Waals surface area contributed by atoms with Gasteiger partial charge in [-0.05, 0) is 41.3 Å². The number of hydrogen-bond donors (Lipinski definition) is 3. The standard InChI is InChI=1S/C24H19ClN4O3/c1-26-14-5-6-17-12(7-14)8-18(27-17)24(31)29-11-13(10-25)21-15-3-2-4-16-22(15)20(9-19(21)29)32-28-23(16)30/h2-9,13,26-27H,10-11H2,1H3,(H,28,30)/t13-/m1/s1. The van der Waals surface area contributed by atoms with Crippen LogP contribution in [0, 0.1) is 0 Å². The lowest BCUT2D eigenvalue weighted by molar-refractivity contribution is 0.0748. The molecule has 6 rings (SSSR count). The number of hydrogen-bond acceptors (Lipinski definition) is 4. The second-order valence-corrected chi connectivity index (χ2v) is 8.38. The average molecular weight is 447 g/mol. The van der Waals surface area contributed by atoms with Crippen molar-refractivity contribution in [1.82, 2.24) is 10.5 Å². The van der Waals surface area contributed by atoms with Crippen LogP contribution in [0.5, 0.6) is 5.75 Å². The Bertz CT molecular complexity index is 1440. The van der Waals surface area contributed by atoms with E-state index in [1.807, 2.05) is 49.5 Å². The monoisotopic (exact) mass is 446 g/mol. The Morgan fingerprint density at radius 3 is 2.94 bits per heavy atom. The summed E-state index contributed by atoms with van der Waals surface area (Å²) in [5.41, 5.74) is 7.10. The Balaban J connectivity index is 1.50. The van der Waals surface area contributed by atoms with Gasteiger partial charge in [-0.15, -0.1) is 11.6 Å². The molecule has 8 heteroatoms. The van der Waals surface area contributed by atoms with E-state index in [1.165, 1.54) is 0 Å². The van der Waals surface area contributed by atoms with Gasteiger partial charge in [-0.2, -0.15) is 5.48 Å². The summed E-state index contributed by atoms with van der Waals surface area (Å²) in [5, 5.41) is 5.71. The van der Waals surface area contributed by atoms with Gasteiger partial charge >= 0.3 is 0 Å². The van der Waals surface area contributed by atoms with Crippen molar-refractivity contribution in [2.75, 3.05) is 29.7 Å². The van der Waals surface area contributed by atoms with E-state index in [9.17, 15) is 9.59 Å². The molecule has 0 spiro atoms. The predicted octanol–water partition coefficient (Wildman–Crippen LogP) is 4.38. The van der Waals surface area contributed by atoms with Crippen LogP contribution in [0.2, 0.25) is 0 Å². The van der Waals surface area contributed by atoms with E-state index < -0.39 is 0 Å². The van der Waals surface area contributed by atoms with Crippen molar-refractivity contribution in [2.24, 2.45) is 0 Å². The van der Waals surface area contributed by atoms with E-state index >= 15 is 0 Å². The van der Waals surface area contributed by atoms with Crippen molar-refractivity contribution in [3.05, 3.63) is 65.4 Å². The molecule has 1 atom stereocenters. The third-order valence-electron chi connectivity index (χ3n) is 6.32. The number of rotatable bonds is 3. The topological polar surface area (TPSA) is 86.5 Å². The number of hydroxylamine groups is 1. The molecule has 0 radical (unpaired) electrons. The number of anilines is 2. The normalized spacial score (nSPS) is 16.8. The zero-order chi connectivity index (χ0) is 22.0. The van der Waals surface area contributed by atoms with E-state index in [0.29, 0.717) is 29.4 Å². The van der Waals surface area contributed by atoms with Crippen LogP contribution in [0.1, 0.15) is 32.3 Å². The zero-order valence-corrected chi connectivity index (χ0v) is 17.9. The van der Waals surface area contributed by atoms with Gasteiger partial charge in [0.2, 0.25) is 0 Å². The summed E-state index contributed by atoms with van der Waals surface area (Å²) in [7, 11) is 1.86. The minimum absolute atomic E-state index is 0.0508. The molecule has 3 heterocycles. The lowest BCUT2D eigenvalue weighted by Crippen LogP contribution is -2.32. The zero-order valence-electron chi connectivity index (χ0n) is 17.2. The highest BCUT2D eigenvalue weighted by Gasteiger charge is 2.37. The molecule has 2 aliphatic rings. The highest BCUT2D eigenvalue weighted by atomic mass is 35.5. The first kappa shape index (κ1) is 19.0. The van der Waals surface area contributed by atoms with Gasteiger partial charge < -0.3 is 20.0 Å². The third kappa shape index (κ3) is 2.61. The third-order valence-corrected chi connectivity index (χ3v) is 6.69. The predicted molar refractivity (Wildman–Crippen MR) is 125 cm³/mol. The average Bonchev–Trinajstić information content (AvgIpc) is 3.42. The summed E-state index contributed by atoms with van der Waals surface area (Å²) in [6.45, 7) is 0.457. The number of aromatic nitrogens is 1. The van der Waals surface area contributed by atoms with Crippen LogP contribution in [0.3, 0.4) is 0 Å². The van der Waals surface area contributed by atoms with Crippen molar-refractivity contribution < 1.29 is 14.4 Å². The molecule has 2 amide bonds. The van der Waals surface area contributed by atoms with Gasteiger partial charge in [-0.25, -0.2) is 0 Å². The molecular formula is C24H19ClN4O3. The number of carbonyl (C=O) groups excluding carboxylic acids is 2. The van der Waals surface area contributed by atoms with Gasteiger partial charge in [-0.3, -0.25) is 9.59 Å². The number of carbonyl (C=O) groups is 2. The van der Waals surface area contributed by atoms with Gasteiger partial charge in [0.05, 0.1) is 11.3 Å². The van der Waals surface area contributed by atoms with E-state index in [-0.39, 0.29) is 17.7 Å². The number of aromatic amines is 1. The van der Waals surface area contributed by atoms with Crippen LogP contribution >= 0.6 is 11.6 Å². The first-order valence-corrected chi connectivity index (χ1v) is 10.9. The van der Waals surface area contributed by atoms with Crippen molar-refractivity contribution >= 4 is 56.5 Å². The summed E-state index contributed by atoms with van der Waals surface area (Å²) in [4.78, 5) is 36.4. The summed E-state index contributed by atoms with van der Waals surface area (Å²) in [5.74, 6) is 0.419. The highest BCUT2D eigenvalue weighted by molar-refractivity contribution is 6.20. The van der Waals surface area contributed by atoms with Gasteiger partial charge in [-0.1, -0.05) is 12.1 Å². The Morgan fingerprint density at radius 2 is 2.12 bits per heavy atom. The summed E-state index contributed by atoms with van der Waals surface area (Å²) in [6, 6.07) is 15.2. The van der Waals surface area contributed by atoms with Crippen molar-refractivity contribution in [3.8, 4) is 5.75 Å². The Kier molecular flexibility index (Phi) is 4.10. The van der Waals surface area contributed by atoms with E-state index in [0.717, 1.165) is 38.6 Å². The fourth-order valence-corrected chi connectivity index (χ4v) is 5.06. The van der Waals surface area contributed by atoms with Crippen molar-refractivity contribution in [1.29, 1.82) is 0 Å². The van der Waals surface area contributed by atoms with Gasteiger partial charge in [0.25, 0.3) is 11.8 Å². The first-order valence-electron chi connectivity index (χ1n) is 10.3. The van der Waals surface area contributed by atoms with Crippen LogP contribution in [-0.4, -0.2) is 36.3 Å². The Hall–Kier alpha value is -3.71. The maximum absolute atomic E-state index is 13.6. The molecule has 1 aromatic heterocycles. The summed E-state index contributed by atoms with van der Waals surface area (Å²) >= 11 is 6.34. The number of alkyl halides is 1. The maximum Gasteiger partial charge on any atom is 0.284 e. The molecule has 3 N–H and O–H groups in total.